The van der Waals surface area contributed by atoms with Crippen molar-refractivity contribution in [3.63, 3.8) is 0 Å². The highest BCUT2D eigenvalue weighted by molar-refractivity contribution is 5.71. The number of ether oxygens (including phenoxy) is 3. The van der Waals surface area contributed by atoms with Crippen molar-refractivity contribution in [1.82, 2.24) is 0 Å². The van der Waals surface area contributed by atoms with Gasteiger partial charge in [-0.25, -0.2) is 0 Å². The van der Waals surface area contributed by atoms with Crippen LogP contribution in [-0.2, 0) is 28.6 Å². The lowest BCUT2D eigenvalue weighted by molar-refractivity contribution is -0.167. The molecule has 73 heavy (non-hydrogen) atoms. The standard InChI is InChI=1S/C67H104O6/c1-4-7-10-13-16-19-22-24-26-28-30-32-33-35-36-38-40-42-45-48-51-54-57-60-66(69)72-63-64(62-71-65(68)59-56-53-50-47-44-21-18-15-12-9-6-3)73-67(70)61-58-55-52-49-46-43-41-39-37-34-31-29-27-25-23-20-17-14-11-8-5-2/h7-8,10-11,15-20,24-27,30-32,34-36,39-42,48,51,64H,4-6,9,12-14,21-23,28-29,33,37-38,43-47,49-50,52-63H2,1-3H3/b10-7-,11-8-,18-15-,19-16-,20-17-,26-24-,27-25-,32-30-,34-31-,36-35-,41-39-,42-40-,51-48-. The van der Waals surface area contributed by atoms with Crippen LogP contribution >= 0.6 is 0 Å². The van der Waals surface area contributed by atoms with E-state index in [1.165, 1.54) is 25.7 Å². The normalized spacial score (nSPS) is 13.3. The summed E-state index contributed by atoms with van der Waals surface area (Å²) in [7, 11) is 0. The van der Waals surface area contributed by atoms with Gasteiger partial charge in [0.15, 0.2) is 6.10 Å². The third-order valence-corrected chi connectivity index (χ3v) is 11.5. The summed E-state index contributed by atoms with van der Waals surface area (Å²) in [6.07, 6.45) is 86.7. The Morgan fingerprint density at radius 1 is 0.288 bits per heavy atom. The number of hydrogen-bond acceptors (Lipinski definition) is 6. The molecule has 0 heterocycles. The van der Waals surface area contributed by atoms with Gasteiger partial charge in [0.2, 0.25) is 0 Å². The van der Waals surface area contributed by atoms with E-state index in [2.05, 4.69) is 179 Å². The first kappa shape index (κ1) is 68.0. The van der Waals surface area contributed by atoms with Gasteiger partial charge in [0.05, 0.1) is 0 Å². The molecule has 1 unspecified atom stereocenters. The first-order valence-electron chi connectivity index (χ1n) is 29.0. The molecule has 0 aliphatic rings. The van der Waals surface area contributed by atoms with E-state index < -0.39 is 6.10 Å². The summed E-state index contributed by atoms with van der Waals surface area (Å²) in [5, 5.41) is 0. The maximum atomic E-state index is 12.9. The van der Waals surface area contributed by atoms with Gasteiger partial charge in [0.25, 0.3) is 0 Å². The molecule has 0 N–H and O–H groups in total. The van der Waals surface area contributed by atoms with Gasteiger partial charge in [-0.05, 0) is 135 Å². The molecule has 0 saturated heterocycles. The second kappa shape index (κ2) is 59.6. The lowest BCUT2D eigenvalue weighted by Gasteiger charge is -2.18. The van der Waals surface area contributed by atoms with Crippen LogP contribution in [0.1, 0.15) is 226 Å². The Balaban J connectivity index is 4.51. The number of hydrogen-bond donors (Lipinski definition) is 0. The fraction of sp³-hybridized carbons (Fsp3) is 0.567. The summed E-state index contributed by atoms with van der Waals surface area (Å²) in [6, 6.07) is 0. The van der Waals surface area contributed by atoms with E-state index >= 15 is 0 Å². The van der Waals surface area contributed by atoms with Crippen molar-refractivity contribution in [3.05, 3.63) is 158 Å². The van der Waals surface area contributed by atoms with Gasteiger partial charge >= 0.3 is 17.9 Å². The molecule has 0 aliphatic carbocycles. The molecule has 408 valence electrons. The average molecular weight is 1010 g/mol. The molecule has 0 fully saturated rings. The lowest BCUT2D eigenvalue weighted by Crippen LogP contribution is -2.30. The smallest absolute Gasteiger partial charge is 0.306 e. The quantitative estimate of drug-likeness (QED) is 0.0261. The molecule has 0 radical (unpaired) electrons. The van der Waals surface area contributed by atoms with Crippen LogP contribution in [0.3, 0.4) is 0 Å². The molecule has 0 saturated carbocycles. The molecule has 0 aromatic rings. The molecule has 0 bridgehead atoms. The number of rotatable bonds is 50. The summed E-state index contributed by atoms with van der Waals surface area (Å²) in [5.41, 5.74) is 0. The highest BCUT2D eigenvalue weighted by Crippen LogP contribution is 2.12. The third-order valence-electron chi connectivity index (χ3n) is 11.5. The third kappa shape index (κ3) is 57.8. The molecule has 0 amide bonds. The van der Waals surface area contributed by atoms with Crippen molar-refractivity contribution in [3.8, 4) is 0 Å². The molecule has 0 rings (SSSR count). The van der Waals surface area contributed by atoms with E-state index in [-0.39, 0.29) is 44.0 Å². The zero-order valence-electron chi connectivity index (χ0n) is 46.6. The van der Waals surface area contributed by atoms with Gasteiger partial charge in [0, 0.05) is 19.3 Å². The number of esters is 3. The number of carbonyl (C=O) groups excluding carboxylic acids is 3. The summed E-state index contributed by atoms with van der Waals surface area (Å²) in [6.45, 7) is 6.28. The van der Waals surface area contributed by atoms with E-state index in [1.807, 2.05) is 0 Å². The van der Waals surface area contributed by atoms with Crippen molar-refractivity contribution < 1.29 is 28.6 Å². The predicted octanol–water partition coefficient (Wildman–Crippen LogP) is 19.8. The van der Waals surface area contributed by atoms with Crippen LogP contribution in [0, 0.1) is 0 Å². The van der Waals surface area contributed by atoms with Crippen molar-refractivity contribution in [2.45, 2.75) is 232 Å². The Morgan fingerprint density at radius 2 is 0.548 bits per heavy atom. The van der Waals surface area contributed by atoms with Gasteiger partial charge in [-0.3, -0.25) is 14.4 Å². The summed E-state index contributed by atoms with van der Waals surface area (Å²) in [4.78, 5) is 38.1. The van der Waals surface area contributed by atoms with Crippen molar-refractivity contribution in [1.29, 1.82) is 0 Å². The number of unbranched alkanes of at least 4 members (excludes halogenated alkanes) is 13. The maximum absolute atomic E-state index is 12.9. The zero-order valence-corrected chi connectivity index (χ0v) is 46.6. The monoisotopic (exact) mass is 1000 g/mol. The number of allylic oxidation sites excluding steroid dienone is 26. The van der Waals surface area contributed by atoms with Gasteiger partial charge in [0.1, 0.15) is 13.2 Å². The van der Waals surface area contributed by atoms with Crippen LogP contribution < -0.4 is 0 Å². The second-order valence-electron chi connectivity index (χ2n) is 18.4. The Morgan fingerprint density at radius 3 is 0.904 bits per heavy atom. The fourth-order valence-electron chi connectivity index (χ4n) is 7.20. The van der Waals surface area contributed by atoms with Gasteiger partial charge in [-0.1, -0.05) is 230 Å². The van der Waals surface area contributed by atoms with Crippen LogP contribution in [0.25, 0.3) is 0 Å². The van der Waals surface area contributed by atoms with Gasteiger partial charge < -0.3 is 14.2 Å². The fourth-order valence-corrected chi connectivity index (χ4v) is 7.20. The SMILES string of the molecule is CC/C=C\C/C=C\C/C=C\C/C=C\C/C=C\C/C=C\C/C=C\CCCC(=O)OCC(COC(=O)CCCCCCC/C=C\CCCC)OC(=O)CCCCCCC/C=C\C/C=C\C/C=C\C/C=C\C/C=C\CC. The molecule has 1 atom stereocenters. The van der Waals surface area contributed by atoms with Crippen LogP contribution in [0.5, 0.6) is 0 Å². The first-order chi connectivity index (χ1) is 36.0. The molecular weight excluding hydrogens is 901 g/mol. The van der Waals surface area contributed by atoms with Gasteiger partial charge in [-0.15, -0.1) is 0 Å². The zero-order chi connectivity index (χ0) is 52.9. The van der Waals surface area contributed by atoms with Gasteiger partial charge in [-0.2, -0.15) is 0 Å². The molecule has 0 aromatic carbocycles. The average Bonchev–Trinajstić information content (AvgIpc) is 3.39. The van der Waals surface area contributed by atoms with Crippen LogP contribution in [0.4, 0.5) is 0 Å². The van der Waals surface area contributed by atoms with E-state index in [0.29, 0.717) is 12.8 Å². The minimum absolute atomic E-state index is 0.116. The Hall–Kier alpha value is -4.97. The molecule has 0 aliphatic heterocycles. The summed E-state index contributed by atoms with van der Waals surface area (Å²) in [5.74, 6) is -1.02. The van der Waals surface area contributed by atoms with Crippen molar-refractivity contribution in [2.24, 2.45) is 0 Å². The van der Waals surface area contributed by atoms with Crippen LogP contribution in [-0.4, -0.2) is 37.2 Å². The molecule has 6 nitrogen and oxygen atoms in total. The summed E-state index contributed by atoms with van der Waals surface area (Å²) >= 11 is 0. The minimum atomic E-state index is -0.824. The van der Waals surface area contributed by atoms with E-state index in [0.717, 1.165) is 154 Å². The Kier molecular flexibility index (Phi) is 55.5. The maximum Gasteiger partial charge on any atom is 0.306 e. The number of carbonyl (C=O) groups is 3. The molecule has 0 aromatic heterocycles. The Bertz CT molecular complexity index is 1670. The van der Waals surface area contributed by atoms with E-state index in [1.54, 1.807) is 0 Å². The lowest BCUT2D eigenvalue weighted by atomic mass is 10.1. The Labute approximate surface area is 448 Å². The van der Waals surface area contributed by atoms with Crippen molar-refractivity contribution in [2.75, 3.05) is 13.2 Å². The predicted molar refractivity (Wildman–Crippen MR) is 315 cm³/mol. The second-order valence-corrected chi connectivity index (χ2v) is 18.4. The largest absolute Gasteiger partial charge is 0.462 e. The minimum Gasteiger partial charge on any atom is -0.462 e. The van der Waals surface area contributed by atoms with E-state index in [4.69, 9.17) is 14.2 Å². The summed E-state index contributed by atoms with van der Waals surface area (Å²) < 4.78 is 16.8. The highest BCUT2D eigenvalue weighted by atomic mass is 16.6. The van der Waals surface area contributed by atoms with E-state index in [9.17, 15) is 14.4 Å². The molecular formula is C67H104O6. The topological polar surface area (TPSA) is 78.9 Å². The molecule has 6 heteroatoms. The first-order valence-corrected chi connectivity index (χ1v) is 29.0. The highest BCUT2D eigenvalue weighted by Gasteiger charge is 2.19. The van der Waals surface area contributed by atoms with Crippen LogP contribution in [0.2, 0.25) is 0 Å². The molecule has 0 spiro atoms. The van der Waals surface area contributed by atoms with Crippen molar-refractivity contribution >= 4 is 17.9 Å². The van der Waals surface area contributed by atoms with Crippen LogP contribution in [0.15, 0.2) is 158 Å².